The van der Waals surface area contributed by atoms with E-state index in [0.29, 0.717) is 12.0 Å². The van der Waals surface area contributed by atoms with Crippen LogP contribution in [-0.2, 0) is 17.4 Å². The minimum Gasteiger partial charge on any atom is -0.395 e. The summed E-state index contributed by atoms with van der Waals surface area (Å²) in [5.41, 5.74) is -0.0189. The highest BCUT2D eigenvalue weighted by Crippen LogP contribution is 2.29. The third-order valence-electron chi connectivity index (χ3n) is 3.68. The molecule has 0 saturated heterocycles. The van der Waals surface area contributed by atoms with Gasteiger partial charge < -0.3 is 10.4 Å². The lowest BCUT2D eigenvalue weighted by atomic mass is 9.99. The molecule has 23 heavy (non-hydrogen) atoms. The zero-order chi connectivity index (χ0) is 17.6. The number of aliphatic hydroxyl groups is 1. The smallest absolute Gasteiger partial charge is 0.395 e. The van der Waals surface area contributed by atoms with E-state index in [2.05, 4.69) is 5.32 Å². The summed E-state index contributed by atoms with van der Waals surface area (Å²) in [6, 6.07) is 4.66. The summed E-state index contributed by atoms with van der Waals surface area (Å²) in [6.45, 7) is 3.52. The summed E-state index contributed by atoms with van der Waals surface area (Å²) in [7, 11) is 0. The van der Waals surface area contributed by atoms with Crippen molar-refractivity contribution in [3.63, 3.8) is 0 Å². The summed E-state index contributed by atoms with van der Waals surface area (Å²) >= 11 is 1.47. The van der Waals surface area contributed by atoms with Crippen molar-refractivity contribution < 1.29 is 23.1 Å². The second-order valence-corrected chi connectivity index (χ2v) is 6.63. The number of amides is 1. The summed E-state index contributed by atoms with van der Waals surface area (Å²) < 4.78 is 37.5. The number of hydrogen-bond acceptors (Lipinski definition) is 3. The van der Waals surface area contributed by atoms with Crippen LogP contribution in [0, 0.1) is 5.92 Å². The number of alkyl halides is 3. The molecule has 7 heteroatoms. The molecule has 0 spiro atoms. The van der Waals surface area contributed by atoms with Crippen LogP contribution in [-0.4, -0.2) is 35.2 Å². The molecular formula is C16H22F3NO2S. The Labute approximate surface area is 138 Å². The van der Waals surface area contributed by atoms with E-state index in [1.807, 2.05) is 13.2 Å². The van der Waals surface area contributed by atoms with Gasteiger partial charge in [0, 0.05) is 17.2 Å². The first-order valence-electron chi connectivity index (χ1n) is 7.29. The Kier molecular flexibility index (Phi) is 7.41. The Morgan fingerprint density at radius 2 is 1.83 bits per heavy atom. The van der Waals surface area contributed by atoms with Crippen molar-refractivity contribution in [1.29, 1.82) is 0 Å². The van der Waals surface area contributed by atoms with Crippen molar-refractivity contribution in [3.05, 3.63) is 35.4 Å². The van der Waals surface area contributed by atoms with Crippen molar-refractivity contribution in [3.8, 4) is 0 Å². The minimum absolute atomic E-state index is 0.0318. The van der Waals surface area contributed by atoms with Gasteiger partial charge in [-0.1, -0.05) is 19.1 Å². The molecule has 0 saturated carbocycles. The number of carbonyl (C=O) groups excluding carboxylic acids is 1. The number of hydrogen-bond donors (Lipinski definition) is 2. The molecule has 3 unspecified atom stereocenters. The fourth-order valence-corrected chi connectivity index (χ4v) is 2.80. The number of carbonyl (C=O) groups is 1. The fourth-order valence-electron chi connectivity index (χ4n) is 2.17. The number of benzene rings is 1. The third-order valence-corrected chi connectivity index (χ3v) is 4.84. The average molecular weight is 349 g/mol. The van der Waals surface area contributed by atoms with Gasteiger partial charge >= 0.3 is 6.18 Å². The van der Waals surface area contributed by atoms with Crippen LogP contribution in [0.15, 0.2) is 24.3 Å². The molecule has 0 aliphatic carbocycles. The predicted molar refractivity (Wildman–Crippen MR) is 86.3 cm³/mol. The van der Waals surface area contributed by atoms with Crippen molar-refractivity contribution in [2.24, 2.45) is 5.92 Å². The van der Waals surface area contributed by atoms with E-state index >= 15 is 0 Å². The van der Waals surface area contributed by atoms with Crippen LogP contribution in [0.25, 0.3) is 0 Å². The molecule has 0 aliphatic heterocycles. The van der Waals surface area contributed by atoms with Crippen LogP contribution >= 0.6 is 11.8 Å². The molecule has 3 nitrogen and oxygen atoms in total. The van der Waals surface area contributed by atoms with Crippen molar-refractivity contribution in [2.45, 2.75) is 37.7 Å². The van der Waals surface area contributed by atoms with Gasteiger partial charge in [-0.3, -0.25) is 4.79 Å². The highest BCUT2D eigenvalue weighted by Gasteiger charge is 2.30. The van der Waals surface area contributed by atoms with E-state index in [0.717, 1.165) is 12.1 Å². The van der Waals surface area contributed by atoms with Gasteiger partial charge in [0.2, 0.25) is 5.91 Å². The highest BCUT2D eigenvalue weighted by atomic mass is 32.2. The standard InChI is InChI=1S/C16H22F3NO2S/c1-10(15(22)20-11(2)14(9-21)23-3)8-12-4-6-13(7-5-12)16(17,18)19/h4-7,10-11,14,21H,8-9H2,1-3H3,(H,20,22). The summed E-state index contributed by atoms with van der Waals surface area (Å²) in [5.74, 6) is -0.541. The zero-order valence-electron chi connectivity index (χ0n) is 13.4. The summed E-state index contributed by atoms with van der Waals surface area (Å²) in [6.07, 6.45) is -2.14. The first-order valence-corrected chi connectivity index (χ1v) is 8.58. The lowest BCUT2D eigenvalue weighted by molar-refractivity contribution is -0.137. The van der Waals surface area contributed by atoms with Crippen molar-refractivity contribution in [2.75, 3.05) is 12.9 Å². The Hall–Kier alpha value is -1.21. The maximum atomic E-state index is 12.5. The van der Waals surface area contributed by atoms with Crippen LogP contribution in [0.2, 0.25) is 0 Å². The van der Waals surface area contributed by atoms with Crippen molar-refractivity contribution in [1.82, 2.24) is 5.32 Å². The second kappa shape index (κ2) is 8.59. The minimum atomic E-state index is -4.35. The number of rotatable bonds is 7. The Morgan fingerprint density at radius 3 is 2.26 bits per heavy atom. The van der Waals surface area contributed by atoms with E-state index in [4.69, 9.17) is 0 Å². The van der Waals surface area contributed by atoms with Crippen LogP contribution in [0.4, 0.5) is 13.2 Å². The third kappa shape index (κ3) is 6.06. The number of halogens is 3. The SMILES string of the molecule is CSC(CO)C(C)NC(=O)C(C)Cc1ccc(C(F)(F)F)cc1. The van der Waals surface area contributed by atoms with Gasteiger partial charge in [0.1, 0.15) is 0 Å². The molecule has 0 radical (unpaired) electrons. The largest absolute Gasteiger partial charge is 0.416 e. The van der Waals surface area contributed by atoms with Gasteiger partial charge in [0.25, 0.3) is 0 Å². The van der Waals surface area contributed by atoms with E-state index in [1.165, 1.54) is 23.9 Å². The monoisotopic (exact) mass is 349 g/mol. The van der Waals surface area contributed by atoms with Gasteiger partial charge in [-0.25, -0.2) is 0 Å². The lowest BCUT2D eigenvalue weighted by Gasteiger charge is -2.23. The van der Waals surface area contributed by atoms with Crippen LogP contribution < -0.4 is 5.32 Å². The van der Waals surface area contributed by atoms with Crippen LogP contribution in [0.5, 0.6) is 0 Å². The number of aliphatic hydroxyl groups excluding tert-OH is 1. The van der Waals surface area contributed by atoms with Crippen LogP contribution in [0.3, 0.4) is 0 Å². The predicted octanol–water partition coefficient (Wildman–Crippen LogP) is 3.11. The van der Waals surface area contributed by atoms with Gasteiger partial charge in [0.15, 0.2) is 0 Å². The molecule has 1 aromatic rings. The maximum Gasteiger partial charge on any atom is 0.416 e. The van der Waals surface area contributed by atoms with Gasteiger partial charge in [-0.2, -0.15) is 24.9 Å². The van der Waals surface area contributed by atoms with Gasteiger partial charge in [-0.15, -0.1) is 0 Å². The Morgan fingerprint density at radius 1 is 1.26 bits per heavy atom. The Bertz CT molecular complexity index is 501. The van der Waals surface area contributed by atoms with Crippen LogP contribution in [0.1, 0.15) is 25.0 Å². The van der Waals surface area contributed by atoms with E-state index < -0.39 is 11.7 Å². The second-order valence-electron chi connectivity index (χ2n) is 5.55. The molecule has 0 bridgehead atoms. The maximum absolute atomic E-state index is 12.5. The first-order chi connectivity index (χ1) is 10.7. The van der Waals surface area contributed by atoms with Gasteiger partial charge in [-0.05, 0) is 37.3 Å². The van der Waals surface area contributed by atoms with Crippen molar-refractivity contribution >= 4 is 17.7 Å². The summed E-state index contributed by atoms with van der Waals surface area (Å²) in [5, 5.41) is 12.0. The molecule has 3 atom stereocenters. The number of nitrogens with one attached hydrogen (secondary N) is 1. The molecule has 130 valence electrons. The Balaban J connectivity index is 2.61. The lowest BCUT2D eigenvalue weighted by Crippen LogP contribution is -2.43. The zero-order valence-corrected chi connectivity index (χ0v) is 14.2. The molecular weight excluding hydrogens is 327 g/mol. The molecule has 1 amide bonds. The molecule has 0 heterocycles. The first kappa shape index (κ1) is 19.8. The number of thioether (sulfide) groups is 1. The van der Waals surface area contributed by atoms with E-state index in [9.17, 15) is 23.1 Å². The van der Waals surface area contributed by atoms with Gasteiger partial charge in [0.05, 0.1) is 12.2 Å². The molecule has 0 aliphatic rings. The quantitative estimate of drug-likeness (QED) is 0.795. The average Bonchev–Trinajstić information content (AvgIpc) is 2.48. The molecule has 0 aromatic heterocycles. The summed E-state index contributed by atoms with van der Waals surface area (Å²) in [4.78, 5) is 12.1. The molecule has 0 fully saturated rings. The van der Waals surface area contributed by atoms with E-state index in [1.54, 1.807) is 6.92 Å². The molecule has 2 N–H and O–H groups in total. The topological polar surface area (TPSA) is 49.3 Å². The molecule has 1 aromatic carbocycles. The molecule has 1 rings (SSSR count). The highest BCUT2D eigenvalue weighted by molar-refractivity contribution is 7.99. The normalized spacial score (nSPS) is 15.8. The van der Waals surface area contributed by atoms with E-state index in [-0.39, 0.29) is 29.7 Å². The fraction of sp³-hybridized carbons (Fsp3) is 0.562.